The normalized spacial score (nSPS) is 15.8. The highest BCUT2D eigenvalue weighted by Crippen LogP contribution is 2.41. The van der Waals surface area contributed by atoms with Gasteiger partial charge in [0, 0.05) is 10.6 Å². The molecular formula is C35H26ClFN2O3S. The van der Waals surface area contributed by atoms with Crippen molar-refractivity contribution in [3.8, 4) is 11.5 Å². The predicted octanol–water partition coefficient (Wildman–Crippen LogP) is 6.70. The van der Waals surface area contributed by atoms with Crippen molar-refractivity contribution in [2.24, 2.45) is 4.99 Å². The van der Waals surface area contributed by atoms with E-state index in [0.717, 1.165) is 46.4 Å². The predicted molar refractivity (Wildman–Crippen MR) is 168 cm³/mol. The Hall–Kier alpha value is -4.46. The van der Waals surface area contributed by atoms with E-state index in [1.54, 1.807) is 23.8 Å². The van der Waals surface area contributed by atoms with Crippen molar-refractivity contribution in [3.05, 3.63) is 155 Å². The van der Waals surface area contributed by atoms with E-state index in [-0.39, 0.29) is 17.4 Å². The zero-order chi connectivity index (χ0) is 29.5. The highest BCUT2D eigenvalue weighted by atomic mass is 35.5. The van der Waals surface area contributed by atoms with Crippen molar-refractivity contribution in [1.82, 2.24) is 4.57 Å². The summed E-state index contributed by atoms with van der Waals surface area (Å²) in [5.41, 5.74) is 6.83. The molecule has 4 aromatic carbocycles. The van der Waals surface area contributed by atoms with Gasteiger partial charge in [0.2, 0.25) is 0 Å². The van der Waals surface area contributed by atoms with Crippen molar-refractivity contribution in [2.45, 2.75) is 25.5 Å². The number of ether oxygens (including phenoxy) is 2. The largest absolute Gasteiger partial charge is 0.493 e. The molecule has 0 radical (unpaired) electrons. The van der Waals surface area contributed by atoms with Gasteiger partial charge in [-0.2, -0.15) is 0 Å². The van der Waals surface area contributed by atoms with Crippen molar-refractivity contribution in [3.63, 3.8) is 0 Å². The SMILES string of the molecule is COc1cc(/C=c2/sc3n(c2=O)[C@@H](c2ccc(F)cc2)C2=C(N=3)c3ccccc3CC2)ccc1OCc1ccc(Cl)cc1. The zero-order valence-electron chi connectivity index (χ0n) is 23.2. The monoisotopic (exact) mass is 608 g/mol. The third-order valence-electron chi connectivity index (χ3n) is 7.85. The molecule has 5 nitrogen and oxygen atoms in total. The smallest absolute Gasteiger partial charge is 0.271 e. The van der Waals surface area contributed by atoms with E-state index in [4.69, 9.17) is 26.1 Å². The second kappa shape index (κ2) is 11.3. The van der Waals surface area contributed by atoms with E-state index < -0.39 is 0 Å². The molecular weight excluding hydrogens is 583 g/mol. The molecule has 2 heterocycles. The van der Waals surface area contributed by atoms with Crippen LogP contribution in [0.3, 0.4) is 0 Å². The van der Waals surface area contributed by atoms with Crippen LogP contribution in [0, 0.1) is 5.82 Å². The van der Waals surface area contributed by atoms with Gasteiger partial charge in [-0.3, -0.25) is 9.36 Å². The van der Waals surface area contributed by atoms with E-state index in [1.165, 1.54) is 29.0 Å². The molecule has 1 aliphatic carbocycles. The number of fused-ring (bicyclic) bond motifs is 3. The molecule has 0 bridgehead atoms. The number of hydrogen-bond acceptors (Lipinski definition) is 5. The minimum Gasteiger partial charge on any atom is -0.493 e. The Morgan fingerprint density at radius 3 is 2.58 bits per heavy atom. The fraction of sp³-hybridized carbons (Fsp3) is 0.143. The molecule has 0 fully saturated rings. The summed E-state index contributed by atoms with van der Waals surface area (Å²) in [7, 11) is 1.59. The van der Waals surface area contributed by atoms with Crippen LogP contribution in [0.2, 0.25) is 5.02 Å². The molecule has 8 heteroatoms. The Balaban J connectivity index is 1.30. The van der Waals surface area contributed by atoms with E-state index >= 15 is 0 Å². The number of rotatable bonds is 6. The number of benzene rings is 4. The van der Waals surface area contributed by atoms with E-state index in [1.807, 2.05) is 60.7 Å². The lowest BCUT2D eigenvalue weighted by Gasteiger charge is -2.30. The maximum Gasteiger partial charge on any atom is 0.271 e. The lowest BCUT2D eigenvalue weighted by Crippen LogP contribution is -2.38. The molecule has 7 rings (SSSR count). The lowest BCUT2D eigenvalue weighted by molar-refractivity contribution is 0.284. The molecule has 0 saturated carbocycles. The number of nitrogens with zero attached hydrogens (tertiary/aromatic N) is 2. The van der Waals surface area contributed by atoms with Gasteiger partial charge in [0.25, 0.3) is 5.56 Å². The Labute approximate surface area is 256 Å². The van der Waals surface area contributed by atoms with Gasteiger partial charge >= 0.3 is 0 Å². The first-order valence-corrected chi connectivity index (χ1v) is 15.1. The van der Waals surface area contributed by atoms with Gasteiger partial charge in [-0.25, -0.2) is 9.38 Å². The molecule has 0 unspecified atom stereocenters. The van der Waals surface area contributed by atoms with Gasteiger partial charge in [-0.05, 0) is 83.1 Å². The summed E-state index contributed by atoms with van der Waals surface area (Å²) in [5.74, 6) is 0.847. The van der Waals surface area contributed by atoms with Crippen LogP contribution in [0.15, 0.2) is 106 Å². The van der Waals surface area contributed by atoms with Crippen LogP contribution in [-0.4, -0.2) is 11.7 Å². The van der Waals surface area contributed by atoms with Crippen LogP contribution in [0.25, 0.3) is 11.8 Å². The molecule has 0 saturated heterocycles. The van der Waals surface area contributed by atoms with Crippen molar-refractivity contribution >= 4 is 34.7 Å². The zero-order valence-corrected chi connectivity index (χ0v) is 24.8. The third-order valence-corrected chi connectivity index (χ3v) is 9.09. The number of hydrogen-bond donors (Lipinski definition) is 0. The molecule has 0 N–H and O–H groups in total. The lowest BCUT2D eigenvalue weighted by atomic mass is 9.83. The van der Waals surface area contributed by atoms with Crippen LogP contribution in [0.4, 0.5) is 4.39 Å². The highest BCUT2D eigenvalue weighted by molar-refractivity contribution is 7.07. The minimum atomic E-state index is -0.361. The Morgan fingerprint density at radius 2 is 1.79 bits per heavy atom. The third kappa shape index (κ3) is 5.19. The second-order valence-corrected chi connectivity index (χ2v) is 11.9. The summed E-state index contributed by atoms with van der Waals surface area (Å²) in [6, 6.07) is 27.4. The van der Waals surface area contributed by atoms with Gasteiger partial charge < -0.3 is 9.47 Å². The van der Waals surface area contributed by atoms with Crippen LogP contribution in [0.1, 0.15) is 40.3 Å². The van der Waals surface area contributed by atoms with E-state index in [9.17, 15) is 9.18 Å². The quantitative estimate of drug-likeness (QED) is 0.216. The minimum absolute atomic E-state index is 0.134. The maximum atomic E-state index is 14.0. The summed E-state index contributed by atoms with van der Waals surface area (Å²) in [6.07, 6.45) is 3.49. The molecule has 2 aliphatic rings. The Bertz CT molecular complexity index is 2060. The number of halogens is 2. The van der Waals surface area contributed by atoms with Gasteiger partial charge in [-0.15, -0.1) is 0 Å². The van der Waals surface area contributed by atoms with Crippen LogP contribution in [-0.2, 0) is 13.0 Å². The first kappa shape index (κ1) is 27.4. The molecule has 0 spiro atoms. The summed E-state index contributed by atoms with van der Waals surface area (Å²) < 4.78 is 27.9. The van der Waals surface area contributed by atoms with E-state index in [0.29, 0.717) is 32.5 Å². The van der Waals surface area contributed by atoms with Gasteiger partial charge in [0.15, 0.2) is 16.3 Å². The van der Waals surface area contributed by atoms with Crippen LogP contribution in [0.5, 0.6) is 11.5 Å². The molecule has 1 atom stereocenters. The number of methoxy groups -OCH3 is 1. The standard InChI is InChI=1S/C35H26ClFN2O3S/c1-41-30-18-22(8-17-29(30)42-20-21-6-12-25(36)13-7-21)19-31-34(40)39-33(24-9-14-26(37)15-10-24)28-16-11-23-4-2-3-5-27(23)32(28)38-35(39)43-31/h2-10,12-15,17-19,33H,11,16,20H2,1H3/b31-19+/t33-/m0/s1. The summed E-state index contributed by atoms with van der Waals surface area (Å²) in [6.45, 7) is 0.364. The van der Waals surface area contributed by atoms with Crippen molar-refractivity contribution in [1.29, 1.82) is 0 Å². The van der Waals surface area contributed by atoms with Crippen LogP contribution < -0.4 is 24.4 Å². The Morgan fingerprint density at radius 1 is 1.00 bits per heavy atom. The second-order valence-electron chi connectivity index (χ2n) is 10.5. The van der Waals surface area contributed by atoms with Gasteiger partial charge in [0.1, 0.15) is 12.4 Å². The van der Waals surface area contributed by atoms with E-state index in [2.05, 4.69) is 12.1 Å². The van der Waals surface area contributed by atoms with Crippen molar-refractivity contribution in [2.75, 3.05) is 7.11 Å². The topological polar surface area (TPSA) is 52.8 Å². The molecule has 1 aliphatic heterocycles. The molecule has 5 aromatic rings. The maximum absolute atomic E-state index is 14.0. The summed E-state index contributed by atoms with van der Waals surface area (Å²) in [5, 5.41) is 0.671. The number of aryl methyl sites for hydroxylation is 1. The van der Waals surface area contributed by atoms with Crippen molar-refractivity contribution < 1.29 is 13.9 Å². The first-order valence-electron chi connectivity index (χ1n) is 13.9. The molecule has 214 valence electrons. The molecule has 43 heavy (non-hydrogen) atoms. The van der Waals surface area contributed by atoms with Gasteiger partial charge in [-0.1, -0.05) is 77.5 Å². The molecule has 0 amide bonds. The average molecular weight is 609 g/mol. The Kier molecular flexibility index (Phi) is 7.21. The fourth-order valence-corrected chi connectivity index (χ4v) is 6.88. The fourth-order valence-electron chi connectivity index (χ4n) is 5.75. The summed E-state index contributed by atoms with van der Waals surface area (Å²) in [4.78, 5) is 19.7. The number of aromatic nitrogens is 1. The van der Waals surface area contributed by atoms with Gasteiger partial charge in [0.05, 0.1) is 23.4 Å². The molecule has 1 aromatic heterocycles. The summed E-state index contributed by atoms with van der Waals surface area (Å²) >= 11 is 7.34. The highest BCUT2D eigenvalue weighted by Gasteiger charge is 2.32. The first-order chi connectivity index (χ1) is 21.0. The number of allylic oxidation sites excluding steroid dienone is 1. The average Bonchev–Trinajstić information content (AvgIpc) is 3.34. The number of thiazole rings is 1. The van der Waals surface area contributed by atoms with Crippen LogP contribution >= 0.6 is 22.9 Å².